The molecule has 1 atom stereocenters. The highest BCUT2D eigenvalue weighted by Gasteiger charge is 2.15. The number of aldehydes is 1. The molecule has 6 rings (SSSR count). The van der Waals surface area contributed by atoms with Gasteiger partial charge in [0.2, 0.25) is 0 Å². The Balaban J connectivity index is 2.02. The van der Waals surface area contributed by atoms with Crippen molar-refractivity contribution in [3.63, 3.8) is 0 Å². The maximum Gasteiger partial charge on any atom is 0.150 e. The number of hydrogen-bond acceptors (Lipinski definition) is 2. The van der Waals surface area contributed by atoms with Crippen LogP contribution in [0, 0.1) is 0 Å². The van der Waals surface area contributed by atoms with Crippen molar-refractivity contribution in [3.8, 4) is 0 Å². The summed E-state index contributed by atoms with van der Waals surface area (Å²) in [5, 5.41) is 0. The first-order valence-corrected chi connectivity index (χ1v) is 8.43. The van der Waals surface area contributed by atoms with Crippen LogP contribution in [-0.4, -0.2) is 25.3 Å². The van der Waals surface area contributed by atoms with Gasteiger partial charge in [0.05, 0.1) is 0 Å². The van der Waals surface area contributed by atoms with E-state index in [9.17, 15) is 4.79 Å². The number of rotatable bonds is 3. The number of benzene rings is 2. The van der Waals surface area contributed by atoms with Crippen LogP contribution in [0.15, 0.2) is 36.4 Å². The fourth-order valence-electron chi connectivity index (χ4n) is 3.39. The van der Waals surface area contributed by atoms with Crippen LogP contribution in [0.25, 0.3) is 0 Å². The number of carbonyl (C=O) groups is 1. The number of nitrogens with zero attached hydrogens (tertiary/aromatic N) is 1. The first-order chi connectivity index (χ1) is 11.1. The van der Waals surface area contributed by atoms with Gasteiger partial charge in [-0.15, -0.1) is 0 Å². The van der Waals surface area contributed by atoms with Gasteiger partial charge in [-0.3, -0.25) is 4.79 Å². The predicted molar refractivity (Wildman–Crippen MR) is 95.2 cm³/mol. The molecule has 4 aliphatic carbocycles. The van der Waals surface area contributed by atoms with Gasteiger partial charge in [-0.25, -0.2) is 0 Å². The lowest BCUT2D eigenvalue weighted by molar-refractivity contribution is 0.112. The lowest BCUT2D eigenvalue weighted by Crippen LogP contribution is -2.19. The van der Waals surface area contributed by atoms with E-state index in [-0.39, 0.29) is 0 Å². The fourth-order valence-corrected chi connectivity index (χ4v) is 3.39. The molecule has 0 N–H and O–H groups in total. The van der Waals surface area contributed by atoms with Crippen molar-refractivity contribution in [2.24, 2.45) is 0 Å². The number of aryl methyl sites for hydroxylation is 4. The van der Waals surface area contributed by atoms with E-state index in [0.29, 0.717) is 6.04 Å². The Morgan fingerprint density at radius 1 is 0.913 bits per heavy atom. The largest absolute Gasteiger partial charge is 0.303 e. The molecule has 0 heterocycles. The van der Waals surface area contributed by atoms with E-state index in [1.807, 2.05) is 0 Å². The van der Waals surface area contributed by atoms with Crippen LogP contribution in [0.5, 0.6) is 0 Å². The van der Waals surface area contributed by atoms with Gasteiger partial charge in [0.15, 0.2) is 0 Å². The molecule has 4 aliphatic rings. The molecule has 0 radical (unpaired) electrons. The quantitative estimate of drug-likeness (QED) is 0.799. The molecule has 2 aromatic carbocycles. The van der Waals surface area contributed by atoms with Crippen molar-refractivity contribution < 1.29 is 4.79 Å². The summed E-state index contributed by atoms with van der Waals surface area (Å²) in [6, 6.07) is 13.7. The molecule has 0 amide bonds. The minimum Gasteiger partial charge on any atom is -0.303 e. The van der Waals surface area contributed by atoms with Gasteiger partial charge in [-0.2, -0.15) is 0 Å². The van der Waals surface area contributed by atoms with Crippen LogP contribution in [0.4, 0.5) is 0 Å². The molecule has 23 heavy (non-hydrogen) atoms. The third kappa shape index (κ3) is 3.37. The van der Waals surface area contributed by atoms with Crippen LogP contribution < -0.4 is 0 Å². The topological polar surface area (TPSA) is 20.3 Å². The summed E-state index contributed by atoms with van der Waals surface area (Å²) < 4.78 is 0. The Bertz CT molecular complexity index is 718. The molecular weight excluding hydrogens is 282 g/mol. The van der Waals surface area contributed by atoms with Crippen molar-refractivity contribution in [1.29, 1.82) is 0 Å². The zero-order valence-electron chi connectivity index (χ0n) is 14.3. The summed E-state index contributed by atoms with van der Waals surface area (Å²) in [5.41, 5.74) is 7.50. The van der Waals surface area contributed by atoms with Crippen LogP contribution in [0.3, 0.4) is 0 Å². The Hall–Kier alpha value is -1.93. The maximum absolute atomic E-state index is 11.4. The second-order valence-electron chi connectivity index (χ2n) is 6.82. The Labute approximate surface area is 139 Å². The van der Waals surface area contributed by atoms with Gasteiger partial charge in [-0.05, 0) is 80.6 Å². The first kappa shape index (κ1) is 15.9. The van der Waals surface area contributed by atoms with E-state index >= 15 is 0 Å². The van der Waals surface area contributed by atoms with E-state index in [4.69, 9.17) is 0 Å². The Morgan fingerprint density at radius 3 is 2.17 bits per heavy atom. The highest BCUT2D eigenvalue weighted by Crippen LogP contribution is 2.26. The maximum atomic E-state index is 11.4. The van der Waals surface area contributed by atoms with Gasteiger partial charge in [0.1, 0.15) is 6.29 Å². The third-order valence-corrected chi connectivity index (χ3v) is 5.14. The lowest BCUT2D eigenvalue weighted by Gasteiger charge is -2.24. The van der Waals surface area contributed by atoms with Crippen LogP contribution >= 0.6 is 0 Å². The molecule has 120 valence electrons. The fraction of sp³-hybridized carbons (Fsp3) is 0.381. The van der Waals surface area contributed by atoms with Gasteiger partial charge >= 0.3 is 0 Å². The molecule has 0 unspecified atom stereocenters. The summed E-state index contributed by atoms with van der Waals surface area (Å²) in [6.45, 7) is 2.27. The minimum atomic E-state index is 0.416. The van der Waals surface area contributed by atoms with E-state index in [2.05, 4.69) is 62.3 Å². The molecular formula is C21H25NO. The second kappa shape index (κ2) is 6.67. The molecule has 2 heteroatoms. The van der Waals surface area contributed by atoms with E-state index in [1.165, 1.54) is 22.3 Å². The average molecular weight is 307 g/mol. The zero-order valence-corrected chi connectivity index (χ0v) is 14.3. The lowest BCUT2D eigenvalue weighted by atomic mass is 9.89. The van der Waals surface area contributed by atoms with Crippen LogP contribution in [-0.2, 0) is 25.7 Å². The molecule has 0 saturated carbocycles. The Kier molecular flexibility index (Phi) is 4.63. The molecule has 0 saturated heterocycles. The van der Waals surface area contributed by atoms with Gasteiger partial charge in [-0.1, -0.05) is 30.3 Å². The van der Waals surface area contributed by atoms with E-state index in [1.54, 1.807) is 0 Å². The molecule has 0 fully saturated rings. The molecule has 2 aromatic rings. The molecule has 0 spiro atoms. The van der Waals surface area contributed by atoms with Crippen molar-refractivity contribution in [3.05, 3.63) is 69.8 Å². The Morgan fingerprint density at radius 2 is 1.52 bits per heavy atom. The van der Waals surface area contributed by atoms with Crippen molar-refractivity contribution in [2.45, 2.75) is 38.6 Å². The predicted octanol–water partition coefficient (Wildman–Crippen LogP) is 4.01. The van der Waals surface area contributed by atoms with Crippen LogP contribution in [0.2, 0.25) is 0 Å². The SMILES string of the molecule is C[C@@H](c1cc2ccc1CCc1ccc(c(C=O)c1)CC2)N(C)C. The summed E-state index contributed by atoms with van der Waals surface area (Å²) >= 11 is 0. The number of hydrogen-bond donors (Lipinski definition) is 0. The van der Waals surface area contributed by atoms with Gasteiger partial charge in [0, 0.05) is 11.6 Å². The van der Waals surface area contributed by atoms with Crippen molar-refractivity contribution >= 4 is 6.29 Å². The summed E-state index contributed by atoms with van der Waals surface area (Å²) in [4.78, 5) is 13.6. The highest BCUT2D eigenvalue weighted by molar-refractivity contribution is 5.77. The average Bonchev–Trinajstić information content (AvgIpc) is 2.55. The smallest absolute Gasteiger partial charge is 0.150 e. The number of carbonyl (C=O) groups excluding carboxylic acids is 1. The molecule has 0 aliphatic heterocycles. The molecule has 0 aromatic heterocycles. The van der Waals surface area contributed by atoms with Gasteiger partial charge < -0.3 is 4.90 Å². The zero-order chi connectivity index (χ0) is 16.4. The standard InChI is InChI=1S/C21H25NO/c1-15(22(2)3)21-13-17-5-9-18-8-4-16(12-20(18)14-23)6-10-19(21)11-7-17/h4,7-8,11-15H,5-6,9-10H2,1-3H3/t15-/m0/s1. The summed E-state index contributed by atoms with van der Waals surface area (Å²) in [7, 11) is 4.28. The van der Waals surface area contributed by atoms with Crippen molar-refractivity contribution in [1.82, 2.24) is 4.90 Å². The monoisotopic (exact) mass is 307 g/mol. The first-order valence-electron chi connectivity index (χ1n) is 8.43. The summed E-state index contributed by atoms with van der Waals surface area (Å²) in [6.07, 6.45) is 4.90. The highest BCUT2D eigenvalue weighted by atomic mass is 16.1. The van der Waals surface area contributed by atoms with Crippen LogP contribution in [0.1, 0.15) is 51.1 Å². The van der Waals surface area contributed by atoms with E-state index in [0.717, 1.165) is 43.1 Å². The normalized spacial score (nSPS) is 15.3. The minimum absolute atomic E-state index is 0.416. The molecule has 2 nitrogen and oxygen atoms in total. The van der Waals surface area contributed by atoms with Crippen molar-refractivity contribution in [2.75, 3.05) is 14.1 Å². The van der Waals surface area contributed by atoms with Gasteiger partial charge in [0.25, 0.3) is 0 Å². The summed E-state index contributed by atoms with van der Waals surface area (Å²) in [5.74, 6) is 0. The molecule has 4 bridgehead atoms. The second-order valence-corrected chi connectivity index (χ2v) is 6.82. The van der Waals surface area contributed by atoms with E-state index < -0.39 is 0 Å². The third-order valence-electron chi connectivity index (χ3n) is 5.14.